The van der Waals surface area contributed by atoms with Gasteiger partial charge in [-0.05, 0) is 57.4 Å². The van der Waals surface area contributed by atoms with Crippen molar-refractivity contribution in [3.63, 3.8) is 0 Å². The lowest BCUT2D eigenvalue weighted by Gasteiger charge is -2.51. The van der Waals surface area contributed by atoms with E-state index in [-0.39, 0.29) is 30.5 Å². The van der Waals surface area contributed by atoms with Crippen LogP contribution in [0, 0.1) is 29.6 Å². The zero-order valence-electron chi connectivity index (χ0n) is 35.7. The molecular formula is C43H66O14. The van der Waals surface area contributed by atoms with Crippen molar-refractivity contribution in [3.8, 4) is 0 Å². The third-order valence-corrected chi connectivity index (χ3v) is 12.6. The number of ether oxygens (including phenoxy) is 12. The van der Waals surface area contributed by atoms with Crippen molar-refractivity contribution in [2.75, 3.05) is 6.61 Å². The summed E-state index contributed by atoms with van der Waals surface area (Å²) < 4.78 is 78.0. The summed E-state index contributed by atoms with van der Waals surface area (Å²) >= 11 is 0. The Labute approximate surface area is 338 Å². The van der Waals surface area contributed by atoms with Gasteiger partial charge in [0, 0.05) is 25.7 Å². The van der Waals surface area contributed by atoms with Crippen molar-refractivity contribution in [3.05, 3.63) is 35.9 Å². The summed E-state index contributed by atoms with van der Waals surface area (Å²) in [7, 11) is 0. The maximum absolute atomic E-state index is 13.1. The van der Waals surface area contributed by atoms with Gasteiger partial charge < -0.3 is 56.8 Å². The lowest BCUT2D eigenvalue weighted by atomic mass is 9.82. The molecule has 14 nitrogen and oxygen atoms in total. The molecule has 19 atom stereocenters. The van der Waals surface area contributed by atoms with Crippen molar-refractivity contribution in [1.82, 2.24) is 0 Å². The fourth-order valence-corrected chi connectivity index (χ4v) is 8.86. The van der Waals surface area contributed by atoms with Gasteiger partial charge in [-0.2, -0.15) is 0 Å². The second-order valence-corrected chi connectivity index (χ2v) is 17.3. The molecule has 5 aliphatic heterocycles. The van der Waals surface area contributed by atoms with E-state index < -0.39 is 97.8 Å². The first-order chi connectivity index (χ1) is 27.0. The molecule has 0 saturated carbocycles. The zero-order valence-corrected chi connectivity index (χ0v) is 35.7. The van der Waals surface area contributed by atoms with E-state index in [4.69, 9.17) is 56.8 Å². The standard InChI is InChI=1S/C43H66O14/c1-13-31-23(4)24(5)32(50-28(9)44)41(52-31)54-35-33(53-39-25(6)22(3)21(2)19-46-39)26(7)49-42(37(35)51-29(10)45)55-38-36-34(56-43(11,12)57-36)27(8)48-40(38)47-20-30-17-15-14-16-18-30/h14-18,21-27,31-42H,13,19-20H2,1-12H3/t21-,22?,23+,24?,25+,26?,27?,31?,32+,33+,34+,35+,36?,37?,38+,39+,40?,41+,42+/m1/s1. The summed E-state index contributed by atoms with van der Waals surface area (Å²) in [5.74, 6) is -1.40. The summed E-state index contributed by atoms with van der Waals surface area (Å²) in [6, 6.07) is 9.75. The molecule has 8 unspecified atom stereocenters. The number of rotatable bonds is 12. The van der Waals surface area contributed by atoms with Crippen LogP contribution in [0.5, 0.6) is 0 Å². The highest BCUT2D eigenvalue weighted by Gasteiger charge is 2.59. The van der Waals surface area contributed by atoms with E-state index in [2.05, 4.69) is 27.7 Å². The van der Waals surface area contributed by atoms with E-state index >= 15 is 0 Å². The van der Waals surface area contributed by atoms with Gasteiger partial charge in [0.25, 0.3) is 0 Å². The zero-order chi connectivity index (χ0) is 41.3. The predicted molar refractivity (Wildman–Crippen MR) is 204 cm³/mol. The second kappa shape index (κ2) is 18.6. The van der Waals surface area contributed by atoms with E-state index in [1.54, 1.807) is 0 Å². The molecule has 0 radical (unpaired) electrons. The highest BCUT2D eigenvalue weighted by atomic mass is 16.8. The van der Waals surface area contributed by atoms with Crippen LogP contribution in [0.3, 0.4) is 0 Å². The van der Waals surface area contributed by atoms with Gasteiger partial charge in [0.1, 0.15) is 30.5 Å². The van der Waals surface area contributed by atoms with Gasteiger partial charge >= 0.3 is 11.9 Å². The molecule has 0 aliphatic carbocycles. The molecule has 6 rings (SSSR count). The van der Waals surface area contributed by atoms with Gasteiger partial charge in [-0.1, -0.05) is 71.9 Å². The SMILES string of the molecule is CCC1O[C@@H](O[C@@H]2C(OC(C)=O)[C@H](O[C@@H]3C(OCc4ccccc4)OC(C)[C@@H]4OC(C)(C)OC34)OC(C)[C@@H]2O[C@@H]2OC[C@@H](C)C(C)[C@@H]2C)[C@@H](OC(C)=O)C(C)[C@@H]1C. The Morgan fingerprint density at radius 2 is 1.25 bits per heavy atom. The molecule has 5 fully saturated rings. The number of hydrogen-bond acceptors (Lipinski definition) is 14. The van der Waals surface area contributed by atoms with E-state index in [1.165, 1.54) is 13.8 Å². The summed E-state index contributed by atoms with van der Waals surface area (Å²) in [6.45, 7) is 23.5. The minimum atomic E-state index is -1.23. The fourth-order valence-electron chi connectivity index (χ4n) is 8.86. The summed E-state index contributed by atoms with van der Waals surface area (Å²) in [5, 5.41) is 0. The highest BCUT2D eigenvalue weighted by molar-refractivity contribution is 5.66. The first-order valence-electron chi connectivity index (χ1n) is 20.9. The maximum atomic E-state index is 13.1. The first-order valence-corrected chi connectivity index (χ1v) is 20.9. The van der Waals surface area contributed by atoms with Crippen molar-refractivity contribution >= 4 is 11.9 Å². The molecule has 5 heterocycles. The fraction of sp³-hybridized carbons (Fsp3) is 0.814. The average Bonchev–Trinajstić information content (AvgIpc) is 3.50. The Morgan fingerprint density at radius 1 is 0.649 bits per heavy atom. The van der Waals surface area contributed by atoms with Crippen molar-refractivity contribution in [2.24, 2.45) is 29.6 Å². The van der Waals surface area contributed by atoms with Crippen LogP contribution in [0.2, 0.25) is 0 Å². The molecule has 5 saturated heterocycles. The average molecular weight is 807 g/mol. The van der Waals surface area contributed by atoms with Crippen LogP contribution >= 0.6 is 0 Å². The molecule has 57 heavy (non-hydrogen) atoms. The third kappa shape index (κ3) is 10.0. The molecule has 0 aromatic heterocycles. The maximum Gasteiger partial charge on any atom is 0.303 e. The number of carbonyl (C=O) groups is 2. The minimum Gasteiger partial charge on any atom is -0.457 e. The summed E-state index contributed by atoms with van der Waals surface area (Å²) in [5.41, 5.74) is 0.943. The van der Waals surface area contributed by atoms with Crippen LogP contribution in [0.4, 0.5) is 0 Å². The predicted octanol–water partition coefficient (Wildman–Crippen LogP) is 5.90. The van der Waals surface area contributed by atoms with Crippen molar-refractivity contribution in [2.45, 2.75) is 188 Å². The number of carbonyl (C=O) groups excluding carboxylic acids is 2. The van der Waals surface area contributed by atoms with E-state index in [0.717, 1.165) is 5.56 Å². The monoisotopic (exact) mass is 806 g/mol. The smallest absolute Gasteiger partial charge is 0.303 e. The molecule has 0 bridgehead atoms. The van der Waals surface area contributed by atoms with Crippen LogP contribution in [0.15, 0.2) is 30.3 Å². The number of fused-ring (bicyclic) bond motifs is 1. The summed E-state index contributed by atoms with van der Waals surface area (Å²) in [4.78, 5) is 25.6. The van der Waals surface area contributed by atoms with Crippen LogP contribution in [-0.2, 0) is 73.0 Å². The number of esters is 2. The van der Waals surface area contributed by atoms with Gasteiger partial charge in [0.15, 0.2) is 43.2 Å². The van der Waals surface area contributed by atoms with Crippen LogP contribution in [-0.4, -0.2) is 111 Å². The number of hydrogen-bond donors (Lipinski definition) is 0. The Kier molecular flexibility index (Phi) is 14.4. The molecular weight excluding hydrogens is 740 g/mol. The third-order valence-electron chi connectivity index (χ3n) is 12.6. The van der Waals surface area contributed by atoms with E-state index in [1.807, 2.05) is 71.9 Å². The van der Waals surface area contributed by atoms with Crippen molar-refractivity contribution in [1.29, 1.82) is 0 Å². The first kappa shape index (κ1) is 44.3. The molecule has 14 heteroatoms. The normalized spacial score (nSPS) is 44.5. The lowest BCUT2D eigenvalue weighted by molar-refractivity contribution is -0.388. The Morgan fingerprint density at radius 3 is 1.91 bits per heavy atom. The van der Waals surface area contributed by atoms with Gasteiger partial charge in [0.05, 0.1) is 31.5 Å². The molecule has 322 valence electrons. The van der Waals surface area contributed by atoms with Crippen LogP contribution < -0.4 is 0 Å². The molecule has 0 N–H and O–H groups in total. The largest absolute Gasteiger partial charge is 0.457 e. The van der Waals surface area contributed by atoms with Gasteiger partial charge in [-0.15, -0.1) is 0 Å². The summed E-state index contributed by atoms with van der Waals surface area (Å²) in [6.07, 6.45) is -10.3. The molecule has 1 aromatic carbocycles. The molecule has 0 spiro atoms. The van der Waals surface area contributed by atoms with Crippen molar-refractivity contribution < 1.29 is 66.4 Å². The second-order valence-electron chi connectivity index (χ2n) is 17.3. The topological polar surface area (TPSA) is 145 Å². The Bertz CT molecular complexity index is 1480. The van der Waals surface area contributed by atoms with Gasteiger partial charge in [0.2, 0.25) is 0 Å². The molecule has 1 aromatic rings. The van der Waals surface area contributed by atoms with Gasteiger partial charge in [-0.3, -0.25) is 9.59 Å². The molecule has 0 amide bonds. The highest BCUT2D eigenvalue weighted by Crippen LogP contribution is 2.43. The van der Waals surface area contributed by atoms with E-state index in [9.17, 15) is 9.59 Å². The number of benzene rings is 1. The van der Waals surface area contributed by atoms with Crippen LogP contribution in [0.25, 0.3) is 0 Å². The Hall–Kier alpha value is -2.24. The van der Waals surface area contributed by atoms with Crippen LogP contribution in [0.1, 0.15) is 95.1 Å². The minimum absolute atomic E-state index is 0.0246. The molecule has 5 aliphatic rings. The quantitative estimate of drug-likeness (QED) is 0.231. The van der Waals surface area contributed by atoms with E-state index in [0.29, 0.717) is 24.9 Å². The van der Waals surface area contributed by atoms with Gasteiger partial charge in [-0.25, -0.2) is 0 Å². The Balaban J connectivity index is 1.36. The lowest BCUT2D eigenvalue weighted by Crippen LogP contribution is -2.66.